The first-order valence-electron chi connectivity index (χ1n) is 6.71. The van der Waals surface area contributed by atoms with Gasteiger partial charge in [-0.25, -0.2) is 9.97 Å². The number of ether oxygens (including phenoxy) is 1. The SMILES string of the molecule is CCOC1(c2ncc(Br)c(Cl)n2)CCC(C)(C)CC1. The maximum atomic E-state index is 6.10. The van der Waals surface area contributed by atoms with Gasteiger partial charge < -0.3 is 4.74 Å². The second kappa shape index (κ2) is 5.66. The van der Waals surface area contributed by atoms with Gasteiger partial charge in [0, 0.05) is 12.8 Å². The van der Waals surface area contributed by atoms with Crippen LogP contribution in [0.2, 0.25) is 5.15 Å². The Hall–Kier alpha value is -0.190. The van der Waals surface area contributed by atoms with Crippen molar-refractivity contribution in [2.24, 2.45) is 5.41 Å². The molecule has 1 heterocycles. The average Bonchev–Trinajstić information content (AvgIpc) is 2.36. The van der Waals surface area contributed by atoms with Crippen LogP contribution in [0.3, 0.4) is 0 Å². The molecule has 0 atom stereocenters. The Morgan fingerprint density at radius 1 is 1.32 bits per heavy atom. The van der Waals surface area contributed by atoms with Crippen molar-refractivity contribution in [3.05, 3.63) is 21.6 Å². The van der Waals surface area contributed by atoms with E-state index in [1.54, 1.807) is 6.20 Å². The van der Waals surface area contributed by atoms with Crippen molar-refractivity contribution in [3.63, 3.8) is 0 Å². The summed E-state index contributed by atoms with van der Waals surface area (Å²) in [6.45, 7) is 7.29. The zero-order valence-corrected chi connectivity index (χ0v) is 14.0. The van der Waals surface area contributed by atoms with Crippen molar-refractivity contribution in [1.29, 1.82) is 0 Å². The van der Waals surface area contributed by atoms with Gasteiger partial charge in [0.05, 0.1) is 4.47 Å². The van der Waals surface area contributed by atoms with Gasteiger partial charge in [-0.3, -0.25) is 0 Å². The largest absolute Gasteiger partial charge is 0.367 e. The van der Waals surface area contributed by atoms with Gasteiger partial charge in [-0.2, -0.15) is 0 Å². The lowest BCUT2D eigenvalue weighted by atomic mass is 9.70. The molecular formula is C14H20BrClN2O. The van der Waals surface area contributed by atoms with E-state index in [-0.39, 0.29) is 5.60 Å². The molecule has 0 N–H and O–H groups in total. The third-order valence-electron chi connectivity index (χ3n) is 3.94. The highest BCUT2D eigenvalue weighted by Crippen LogP contribution is 2.46. The molecule has 0 bridgehead atoms. The zero-order valence-electron chi connectivity index (χ0n) is 11.7. The molecule has 0 radical (unpaired) electrons. The fourth-order valence-electron chi connectivity index (χ4n) is 2.61. The monoisotopic (exact) mass is 346 g/mol. The normalized spacial score (nSPS) is 21.3. The molecule has 1 aliphatic carbocycles. The van der Waals surface area contributed by atoms with Crippen LogP contribution in [-0.2, 0) is 10.3 Å². The first-order chi connectivity index (χ1) is 8.88. The van der Waals surface area contributed by atoms with Gasteiger partial charge in [0.1, 0.15) is 10.8 Å². The minimum absolute atomic E-state index is 0.366. The lowest BCUT2D eigenvalue weighted by molar-refractivity contribution is -0.0948. The van der Waals surface area contributed by atoms with Gasteiger partial charge in [-0.05, 0) is 54.0 Å². The number of aromatic nitrogens is 2. The number of rotatable bonds is 3. The van der Waals surface area contributed by atoms with Crippen molar-refractivity contribution in [1.82, 2.24) is 9.97 Å². The Kier molecular flexibility index (Phi) is 4.53. The summed E-state index contributed by atoms with van der Waals surface area (Å²) >= 11 is 9.43. The van der Waals surface area contributed by atoms with Crippen LogP contribution >= 0.6 is 27.5 Å². The highest BCUT2D eigenvalue weighted by Gasteiger charge is 2.42. The third kappa shape index (κ3) is 3.29. The quantitative estimate of drug-likeness (QED) is 0.742. The van der Waals surface area contributed by atoms with E-state index in [1.165, 1.54) is 0 Å². The lowest BCUT2D eigenvalue weighted by Gasteiger charge is -2.42. The van der Waals surface area contributed by atoms with E-state index in [9.17, 15) is 0 Å². The van der Waals surface area contributed by atoms with E-state index in [2.05, 4.69) is 39.7 Å². The van der Waals surface area contributed by atoms with E-state index in [1.807, 2.05) is 6.92 Å². The predicted molar refractivity (Wildman–Crippen MR) is 80.3 cm³/mol. The van der Waals surface area contributed by atoms with E-state index in [4.69, 9.17) is 16.3 Å². The Morgan fingerprint density at radius 2 is 1.95 bits per heavy atom. The molecule has 0 aromatic carbocycles. The van der Waals surface area contributed by atoms with Crippen molar-refractivity contribution in [2.75, 3.05) is 6.61 Å². The fraction of sp³-hybridized carbons (Fsp3) is 0.714. The maximum absolute atomic E-state index is 6.10. The van der Waals surface area contributed by atoms with Crippen molar-refractivity contribution in [2.45, 2.75) is 52.1 Å². The molecule has 3 nitrogen and oxygen atoms in total. The second-order valence-corrected chi connectivity index (χ2v) is 7.14. The minimum atomic E-state index is -0.366. The number of halogens is 2. The van der Waals surface area contributed by atoms with Gasteiger partial charge in [-0.15, -0.1) is 0 Å². The third-order valence-corrected chi connectivity index (χ3v) is 5.04. The second-order valence-electron chi connectivity index (χ2n) is 5.92. The van der Waals surface area contributed by atoms with Crippen LogP contribution in [0, 0.1) is 5.41 Å². The molecule has 5 heteroatoms. The van der Waals surface area contributed by atoms with E-state index in [0.717, 1.165) is 36.0 Å². The summed E-state index contributed by atoms with van der Waals surface area (Å²) < 4.78 is 6.77. The van der Waals surface area contributed by atoms with Gasteiger partial charge in [0.2, 0.25) is 0 Å². The summed E-state index contributed by atoms with van der Waals surface area (Å²) in [5.74, 6) is 0.720. The smallest absolute Gasteiger partial charge is 0.162 e. The molecular weight excluding hydrogens is 328 g/mol. The van der Waals surface area contributed by atoms with Crippen molar-refractivity contribution in [3.8, 4) is 0 Å². The Labute approximate surface area is 128 Å². The van der Waals surface area contributed by atoms with Gasteiger partial charge in [-0.1, -0.05) is 25.4 Å². The molecule has 0 saturated heterocycles. The standard InChI is InChI=1S/C14H20BrClN2O/c1-4-19-14(7-5-13(2,3)6-8-14)12-17-9-10(15)11(16)18-12/h9H,4-8H2,1-3H3. The summed E-state index contributed by atoms with van der Waals surface area (Å²) in [5, 5.41) is 0.453. The average molecular weight is 348 g/mol. The first-order valence-corrected chi connectivity index (χ1v) is 7.88. The zero-order chi connectivity index (χ0) is 14.1. The summed E-state index contributed by atoms with van der Waals surface area (Å²) in [7, 11) is 0. The molecule has 0 amide bonds. The molecule has 1 fully saturated rings. The van der Waals surface area contributed by atoms with Gasteiger partial charge in [0.15, 0.2) is 5.82 Å². The minimum Gasteiger partial charge on any atom is -0.367 e. The van der Waals surface area contributed by atoms with E-state index in [0.29, 0.717) is 17.2 Å². The van der Waals surface area contributed by atoms with E-state index >= 15 is 0 Å². The van der Waals surface area contributed by atoms with Crippen LogP contribution < -0.4 is 0 Å². The molecule has 0 unspecified atom stereocenters. The predicted octanol–water partition coefficient (Wildman–Crippen LogP) is 4.72. The van der Waals surface area contributed by atoms with Crippen LogP contribution in [0.1, 0.15) is 52.3 Å². The summed E-state index contributed by atoms with van der Waals surface area (Å²) in [6, 6.07) is 0. The van der Waals surface area contributed by atoms with Gasteiger partial charge >= 0.3 is 0 Å². The molecule has 2 rings (SSSR count). The molecule has 0 spiro atoms. The van der Waals surface area contributed by atoms with Crippen LogP contribution in [0.4, 0.5) is 0 Å². The summed E-state index contributed by atoms with van der Waals surface area (Å²) in [6.07, 6.45) is 5.84. The van der Waals surface area contributed by atoms with Crippen LogP contribution in [0.25, 0.3) is 0 Å². The Bertz CT molecular complexity index is 455. The first kappa shape index (κ1) is 15.2. The molecule has 1 aliphatic rings. The summed E-state index contributed by atoms with van der Waals surface area (Å²) in [4.78, 5) is 8.85. The highest BCUT2D eigenvalue weighted by molar-refractivity contribution is 9.10. The van der Waals surface area contributed by atoms with Crippen molar-refractivity contribution < 1.29 is 4.74 Å². The van der Waals surface area contributed by atoms with Gasteiger partial charge in [0.25, 0.3) is 0 Å². The van der Waals surface area contributed by atoms with Crippen LogP contribution in [0.5, 0.6) is 0 Å². The number of hydrogen-bond donors (Lipinski definition) is 0. The Balaban J connectivity index is 2.31. The lowest BCUT2D eigenvalue weighted by Crippen LogP contribution is -2.38. The van der Waals surface area contributed by atoms with E-state index < -0.39 is 0 Å². The molecule has 1 aromatic rings. The maximum Gasteiger partial charge on any atom is 0.162 e. The topological polar surface area (TPSA) is 35.0 Å². The highest BCUT2D eigenvalue weighted by atomic mass is 79.9. The summed E-state index contributed by atoms with van der Waals surface area (Å²) in [5.41, 5.74) is 0.00830. The fourth-order valence-corrected chi connectivity index (χ4v) is 2.93. The Morgan fingerprint density at radius 3 is 2.47 bits per heavy atom. The number of nitrogens with zero attached hydrogens (tertiary/aromatic N) is 2. The number of hydrogen-bond acceptors (Lipinski definition) is 3. The van der Waals surface area contributed by atoms with Crippen LogP contribution in [-0.4, -0.2) is 16.6 Å². The molecule has 1 aromatic heterocycles. The van der Waals surface area contributed by atoms with Crippen LogP contribution in [0.15, 0.2) is 10.7 Å². The molecule has 106 valence electrons. The van der Waals surface area contributed by atoms with Crippen molar-refractivity contribution >= 4 is 27.5 Å². The molecule has 0 aliphatic heterocycles. The molecule has 1 saturated carbocycles. The molecule has 19 heavy (non-hydrogen) atoms.